The summed E-state index contributed by atoms with van der Waals surface area (Å²) in [6.07, 6.45) is 4.21. The Morgan fingerprint density at radius 1 is 1.50 bits per heavy atom. The first-order valence-corrected chi connectivity index (χ1v) is 4.93. The lowest BCUT2D eigenvalue weighted by Gasteiger charge is -2.26. The lowest BCUT2D eigenvalue weighted by molar-refractivity contribution is 0.210. The predicted molar refractivity (Wildman–Crippen MR) is 50.9 cm³/mol. The van der Waals surface area contributed by atoms with Crippen LogP contribution in [0.3, 0.4) is 0 Å². The lowest BCUT2D eigenvalue weighted by atomic mass is 9.99. The van der Waals surface area contributed by atoms with Crippen LogP contribution in [0.1, 0.15) is 31.5 Å². The largest absolute Gasteiger partial charge is 0.394 e. The molecular formula is C9H15N3O2. The van der Waals surface area contributed by atoms with Crippen molar-refractivity contribution < 1.29 is 9.63 Å². The summed E-state index contributed by atoms with van der Waals surface area (Å²) in [6, 6.07) is 0.415. The maximum atomic E-state index is 9.33. The van der Waals surface area contributed by atoms with Crippen LogP contribution < -0.4 is 5.32 Å². The van der Waals surface area contributed by atoms with E-state index < -0.39 is 0 Å². The Morgan fingerprint density at radius 3 is 2.71 bits per heavy atom. The molecule has 0 aromatic carbocycles. The highest BCUT2D eigenvalue weighted by atomic mass is 16.5. The smallest absolute Gasteiger partial charge is 0.321 e. The van der Waals surface area contributed by atoms with Gasteiger partial charge in [-0.15, -0.1) is 0 Å². The summed E-state index contributed by atoms with van der Waals surface area (Å²) in [5.41, 5.74) is -0.237. The van der Waals surface area contributed by atoms with Crippen molar-refractivity contribution in [1.29, 1.82) is 0 Å². The Hall–Kier alpha value is -1.10. The second-order valence-electron chi connectivity index (χ2n) is 3.92. The summed E-state index contributed by atoms with van der Waals surface area (Å²) in [6.45, 7) is 1.89. The molecule has 1 saturated carbocycles. The standard InChI is InChI=1S/C9H15N3O2/c1-7-10-8(14-12-7)11-9(6-13)4-2-3-5-9/h13H,2-6H2,1H3,(H,10,11,12). The van der Waals surface area contributed by atoms with Gasteiger partial charge >= 0.3 is 6.01 Å². The highest BCUT2D eigenvalue weighted by Gasteiger charge is 2.34. The van der Waals surface area contributed by atoms with Gasteiger partial charge in [-0.3, -0.25) is 0 Å². The molecule has 1 aromatic rings. The normalized spacial score (nSPS) is 19.9. The summed E-state index contributed by atoms with van der Waals surface area (Å²) >= 11 is 0. The van der Waals surface area contributed by atoms with E-state index in [1.54, 1.807) is 6.92 Å². The van der Waals surface area contributed by atoms with Crippen LogP contribution in [0.15, 0.2) is 4.52 Å². The molecule has 0 radical (unpaired) electrons. The fraction of sp³-hybridized carbons (Fsp3) is 0.778. The van der Waals surface area contributed by atoms with Gasteiger partial charge in [-0.05, 0) is 19.8 Å². The molecule has 1 heterocycles. The highest BCUT2D eigenvalue weighted by Crippen LogP contribution is 2.32. The lowest BCUT2D eigenvalue weighted by Crippen LogP contribution is -2.39. The minimum Gasteiger partial charge on any atom is -0.394 e. The number of aliphatic hydroxyl groups is 1. The maximum Gasteiger partial charge on any atom is 0.321 e. The second kappa shape index (κ2) is 3.57. The summed E-state index contributed by atoms with van der Waals surface area (Å²) < 4.78 is 4.97. The van der Waals surface area contributed by atoms with E-state index in [2.05, 4.69) is 15.5 Å². The van der Waals surface area contributed by atoms with Crippen molar-refractivity contribution in [3.63, 3.8) is 0 Å². The zero-order valence-corrected chi connectivity index (χ0v) is 8.29. The number of aryl methyl sites for hydroxylation is 1. The molecule has 2 rings (SSSR count). The molecule has 1 aromatic heterocycles. The zero-order chi connectivity index (χ0) is 10.0. The average molecular weight is 197 g/mol. The fourth-order valence-electron chi connectivity index (χ4n) is 1.95. The predicted octanol–water partition coefficient (Wildman–Crippen LogP) is 1.10. The van der Waals surface area contributed by atoms with Crippen LogP contribution in [0.2, 0.25) is 0 Å². The van der Waals surface area contributed by atoms with Gasteiger partial charge in [0, 0.05) is 0 Å². The highest BCUT2D eigenvalue weighted by molar-refractivity contribution is 5.26. The van der Waals surface area contributed by atoms with E-state index in [1.807, 2.05) is 0 Å². The van der Waals surface area contributed by atoms with Gasteiger partial charge in [-0.25, -0.2) is 0 Å². The minimum atomic E-state index is -0.237. The molecule has 5 nitrogen and oxygen atoms in total. The number of aromatic nitrogens is 2. The quantitative estimate of drug-likeness (QED) is 0.759. The number of nitrogens with one attached hydrogen (secondary N) is 1. The van der Waals surface area contributed by atoms with Crippen molar-refractivity contribution >= 4 is 6.01 Å². The van der Waals surface area contributed by atoms with Crippen molar-refractivity contribution in [3.05, 3.63) is 5.82 Å². The number of hydrogen-bond acceptors (Lipinski definition) is 5. The van der Waals surface area contributed by atoms with Crippen LogP contribution >= 0.6 is 0 Å². The third-order valence-corrected chi connectivity index (χ3v) is 2.76. The van der Waals surface area contributed by atoms with Gasteiger partial charge in [0.1, 0.15) is 0 Å². The van der Waals surface area contributed by atoms with E-state index in [4.69, 9.17) is 4.52 Å². The van der Waals surface area contributed by atoms with E-state index in [0.29, 0.717) is 11.8 Å². The Bertz CT molecular complexity index is 305. The topological polar surface area (TPSA) is 71.2 Å². The van der Waals surface area contributed by atoms with Gasteiger partial charge in [-0.2, -0.15) is 4.98 Å². The van der Waals surface area contributed by atoms with Crippen molar-refractivity contribution in [2.45, 2.75) is 38.1 Å². The first-order valence-electron chi connectivity index (χ1n) is 4.93. The summed E-state index contributed by atoms with van der Waals surface area (Å²) in [7, 11) is 0. The molecule has 5 heteroatoms. The maximum absolute atomic E-state index is 9.33. The van der Waals surface area contributed by atoms with E-state index in [0.717, 1.165) is 25.7 Å². The number of anilines is 1. The van der Waals surface area contributed by atoms with Crippen LogP contribution in [-0.2, 0) is 0 Å². The fourth-order valence-corrected chi connectivity index (χ4v) is 1.95. The number of hydrogen-bond donors (Lipinski definition) is 2. The van der Waals surface area contributed by atoms with Crippen molar-refractivity contribution in [2.75, 3.05) is 11.9 Å². The van der Waals surface area contributed by atoms with Gasteiger partial charge in [0.25, 0.3) is 0 Å². The van der Waals surface area contributed by atoms with Crippen molar-refractivity contribution in [2.24, 2.45) is 0 Å². The van der Waals surface area contributed by atoms with Crippen molar-refractivity contribution in [1.82, 2.24) is 10.1 Å². The molecule has 1 fully saturated rings. The molecular weight excluding hydrogens is 182 g/mol. The molecule has 1 aliphatic carbocycles. The summed E-state index contributed by atoms with van der Waals surface area (Å²) in [4.78, 5) is 4.07. The van der Waals surface area contributed by atoms with E-state index in [-0.39, 0.29) is 12.1 Å². The summed E-state index contributed by atoms with van der Waals surface area (Å²) in [5.74, 6) is 0.610. The number of aliphatic hydroxyl groups excluding tert-OH is 1. The molecule has 0 saturated heterocycles. The molecule has 1 aliphatic rings. The second-order valence-corrected chi connectivity index (χ2v) is 3.92. The molecule has 0 atom stereocenters. The molecule has 0 unspecified atom stereocenters. The average Bonchev–Trinajstić information content (AvgIpc) is 2.77. The van der Waals surface area contributed by atoms with Crippen LogP contribution in [0, 0.1) is 6.92 Å². The molecule has 2 N–H and O–H groups in total. The number of rotatable bonds is 3. The monoisotopic (exact) mass is 197 g/mol. The Balaban J connectivity index is 2.08. The van der Waals surface area contributed by atoms with Crippen molar-refractivity contribution in [3.8, 4) is 0 Å². The molecule has 78 valence electrons. The van der Waals surface area contributed by atoms with Crippen LogP contribution in [0.5, 0.6) is 0 Å². The van der Waals surface area contributed by atoms with Gasteiger partial charge in [0.05, 0.1) is 12.1 Å². The van der Waals surface area contributed by atoms with Crippen LogP contribution in [0.4, 0.5) is 6.01 Å². The van der Waals surface area contributed by atoms with Crippen LogP contribution in [0.25, 0.3) is 0 Å². The van der Waals surface area contributed by atoms with Gasteiger partial charge in [0.15, 0.2) is 5.82 Å². The molecule has 0 aliphatic heterocycles. The molecule has 0 spiro atoms. The number of nitrogens with zero attached hydrogens (tertiary/aromatic N) is 2. The summed E-state index contributed by atoms with van der Waals surface area (Å²) in [5, 5.41) is 16.2. The SMILES string of the molecule is Cc1noc(NC2(CO)CCCC2)n1. The first-order chi connectivity index (χ1) is 6.74. The molecule has 0 bridgehead atoms. The Morgan fingerprint density at radius 2 is 2.21 bits per heavy atom. The molecule has 0 amide bonds. The van der Waals surface area contributed by atoms with Gasteiger partial charge in [-0.1, -0.05) is 18.0 Å². The van der Waals surface area contributed by atoms with Gasteiger partial charge in [0.2, 0.25) is 0 Å². The van der Waals surface area contributed by atoms with E-state index in [1.165, 1.54) is 0 Å². The minimum absolute atomic E-state index is 0.119. The Kier molecular flexibility index (Phi) is 2.41. The first kappa shape index (κ1) is 9.45. The zero-order valence-electron chi connectivity index (χ0n) is 8.29. The Labute approximate surface area is 82.5 Å². The van der Waals surface area contributed by atoms with Gasteiger partial charge < -0.3 is 14.9 Å². The molecule has 14 heavy (non-hydrogen) atoms. The third kappa shape index (κ3) is 1.72. The van der Waals surface area contributed by atoms with E-state index in [9.17, 15) is 5.11 Å². The van der Waals surface area contributed by atoms with Crippen LogP contribution in [-0.4, -0.2) is 27.4 Å². The van der Waals surface area contributed by atoms with E-state index >= 15 is 0 Å². The third-order valence-electron chi connectivity index (χ3n) is 2.76.